The Bertz CT molecular complexity index is 822. The van der Waals surface area contributed by atoms with Gasteiger partial charge in [0.05, 0.1) is 24.7 Å². The van der Waals surface area contributed by atoms with E-state index in [1.54, 1.807) is 0 Å². The van der Waals surface area contributed by atoms with Gasteiger partial charge in [-0.1, -0.05) is 32.0 Å². The lowest BCUT2D eigenvalue weighted by Crippen LogP contribution is -2.34. The molecule has 0 fully saturated rings. The van der Waals surface area contributed by atoms with Gasteiger partial charge in [0.25, 0.3) is 0 Å². The van der Waals surface area contributed by atoms with E-state index in [9.17, 15) is 9.59 Å². The molecule has 5 nitrogen and oxygen atoms in total. The number of esters is 1. The van der Waals surface area contributed by atoms with Gasteiger partial charge in [0.2, 0.25) is 0 Å². The minimum Gasteiger partial charge on any atom is -0.493 e. The van der Waals surface area contributed by atoms with Gasteiger partial charge in [-0.3, -0.25) is 4.79 Å². The first-order chi connectivity index (χ1) is 13.6. The molecule has 1 heterocycles. The predicted octanol–water partition coefficient (Wildman–Crippen LogP) is 4.40. The number of hydrogen-bond donors (Lipinski definition) is 1. The van der Waals surface area contributed by atoms with E-state index in [4.69, 9.17) is 9.47 Å². The molecular formula is C23H29NO4. The molecule has 2 aliphatic rings. The Labute approximate surface area is 166 Å². The topological polar surface area (TPSA) is 64.6 Å². The minimum atomic E-state index is -0.457. The Kier molecular flexibility index (Phi) is 6.55. The number of rotatable bonds is 7. The molecule has 1 aromatic carbocycles. The first-order valence-corrected chi connectivity index (χ1v) is 10.2. The molecule has 0 saturated carbocycles. The van der Waals surface area contributed by atoms with Gasteiger partial charge in [0, 0.05) is 29.0 Å². The van der Waals surface area contributed by atoms with Crippen molar-refractivity contribution in [2.75, 3.05) is 13.2 Å². The normalized spacial score (nSPS) is 19.2. The molecule has 1 aromatic rings. The van der Waals surface area contributed by atoms with Crippen LogP contribution in [0.25, 0.3) is 0 Å². The Balaban J connectivity index is 2.13. The number of allylic oxidation sites excluding steroid dienone is 3. The van der Waals surface area contributed by atoms with E-state index in [0.717, 1.165) is 48.4 Å². The maximum Gasteiger partial charge on any atom is 0.336 e. The monoisotopic (exact) mass is 383 g/mol. The Morgan fingerprint density at radius 2 is 1.89 bits per heavy atom. The standard InChI is InChI=1S/C23H29NO4/c1-4-13-27-19-12-7-6-9-16(19)21-20(23(26)28-14-5-2)15(3)24-17-10-8-11-18(25)22(17)21/h6-7,9,12,21,24H,4-5,8,10-11,13-14H2,1-3H3/t21-/m0/s1. The van der Waals surface area contributed by atoms with Crippen molar-refractivity contribution < 1.29 is 19.1 Å². The van der Waals surface area contributed by atoms with Crippen molar-refractivity contribution >= 4 is 11.8 Å². The van der Waals surface area contributed by atoms with Crippen LogP contribution < -0.4 is 10.1 Å². The SMILES string of the molecule is CCCOC(=O)C1=C(C)NC2=C(C(=O)CCC2)[C@H]1c1ccccc1OCCC. The number of nitrogens with one attached hydrogen (secondary N) is 1. The van der Waals surface area contributed by atoms with Crippen molar-refractivity contribution in [2.24, 2.45) is 0 Å². The van der Waals surface area contributed by atoms with Crippen LogP contribution in [0.4, 0.5) is 0 Å². The number of dihydropyridines is 1. The molecule has 28 heavy (non-hydrogen) atoms. The first kappa shape index (κ1) is 20.2. The zero-order valence-corrected chi connectivity index (χ0v) is 17.0. The molecule has 0 unspecified atom stereocenters. The lowest BCUT2D eigenvalue weighted by molar-refractivity contribution is -0.139. The van der Waals surface area contributed by atoms with Crippen LogP contribution in [0.15, 0.2) is 46.8 Å². The lowest BCUT2D eigenvalue weighted by Gasteiger charge is -2.34. The van der Waals surface area contributed by atoms with Crippen molar-refractivity contribution in [3.05, 3.63) is 52.4 Å². The van der Waals surface area contributed by atoms with Gasteiger partial charge in [-0.15, -0.1) is 0 Å². The molecule has 0 spiro atoms. The highest BCUT2D eigenvalue weighted by Gasteiger charge is 2.40. The summed E-state index contributed by atoms with van der Waals surface area (Å²) < 4.78 is 11.4. The number of carbonyl (C=O) groups excluding carboxylic acids is 2. The summed E-state index contributed by atoms with van der Waals surface area (Å²) in [6.45, 7) is 6.84. The molecule has 1 aliphatic carbocycles. The quantitative estimate of drug-likeness (QED) is 0.707. The van der Waals surface area contributed by atoms with Gasteiger partial charge in [-0.25, -0.2) is 4.79 Å². The lowest BCUT2D eigenvalue weighted by atomic mass is 9.75. The largest absolute Gasteiger partial charge is 0.493 e. The molecule has 0 saturated heterocycles. The molecule has 1 atom stereocenters. The fraction of sp³-hybridized carbons (Fsp3) is 0.478. The number of ether oxygens (including phenoxy) is 2. The molecule has 0 aromatic heterocycles. The van der Waals surface area contributed by atoms with Crippen LogP contribution in [0.3, 0.4) is 0 Å². The summed E-state index contributed by atoms with van der Waals surface area (Å²) in [4.78, 5) is 25.9. The number of para-hydroxylation sites is 1. The third kappa shape index (κ3) is 3.98. The fourth-order valence-corrected chi connectivity index (χ4v) is 3.90. The molecule has 1 aliphatic heterocycles. The molecule has 5 heteroatoms. The second-order valence-electron chi connectivity index (χ2n) is 7.29. The second-order valence-corrected chi connectivity index (χ2v) is 7.29. The molecule has 0 radical (unpaired) electrons. The smallest absolute Gasteiger partial charge is 0.336 e. The highest BCUT2D eigenvalue weighted by molar-refractivity contribution is 6.04. The third-order valence-corrected chi connectivity index (χ3v) is 5.12. The van der Waals surface area contributed by atoms with Crippen LogP contribution in [-0.2, 0) is 14.3 Å². The van der Waals surface area contributed by atoms with Crippen molar-refractivity contribution in [3.63, 3.8) is 0 Å². The fourth-order valence-electron chi connectivity index (χ4n) is 3.90. The van der Waals surface area contributed by atoms with E-state index in [1.165, 1.54) is 0 Å². The van der Waals surface area contributed by atoms with Crippen molar-refractivity contribution in [3.8, 4) is 5.75 Å². The summed E-state index contributed by atoms with van der Waals surface area (Å²) >= 11 is 0. The van der Waals surface area contributed by atoms with Crippen molar-refractivity contribution in [2.45, 2.75) is 58.8 Å². The van der Waals surface area contributed by atoms with Crippen LogP contribution in [-0.4, -0.2) is 25.0 Å². The van der Waals surface area contributed by atoms with Gasteiger partial charge in [-0.2, -0.15) is 0 Å². The molecule has 1 N–H and O–H groups in total. The number of ketones is 1. The summed E-state index contributed by atoms with van der Waals surface area (Å²) in [5.74, 6) is -0.0130. The van der Waals surface area contributed by atoms with Gasteiger partial charge in [0.15, 0.2) is 5.78 Å². The van der Waals surface area contributed by atoms with Crippen LogP contribution >= 0.6 is 0 Å². The van der Waals surface area contributed by atoms with Crippen LogP contribution in [0.1, 0.15) is 64.4 Å². The van der Waals surface area contributed by atoms with E-state index in [2.05, 4.69) is 12.2 Å². The number of carbonyl (C=O) groups is 2. The van der Waals surface area contributed by atoms with E-state index in [-0.39, 0.29) is 11.8 Å². The molecule has 0 bridgehead atoms. The second kappa shape index (κ2) is 9.09. The van der Waals surface area contributed by atoms with E-state index in [1.807, 2.05) is 38.1 Å². The van der Waals surface area contributed by atoms with Crippen LogP contribution in [0, 0.1) is 0 Å². The van der Waals surface area contributed by atoms with E-state index < -0.39 is 5.92 Å². The van der Waals surface area contributed by atoms with E-state index in [0.29, 0.717) is 30.8 Å². The Morgan fingerprint density at radius 1 is 1.14 bits per heavy atom. The zero-order chi connectivity index (χ0) is 20.1. The van der Waals surface area contributed by atoms with Gasteiger partial charge in [0.1, 0.15) is 5.75 Å². The average Bonchev–Trinajstić information content (AvgIpc) is 2.70. The number of Topliss-reactive ketones (excluding diaryl/α,β-unsaturated/α-hetero) is 1. The summed E-state index contributed by atoms with van der Waals surface area (Å²) in [5.41, 5.74) is 3.73. The third-order valence-electron chi connectivity index (χ3n) is 5.12. The predicted molar refractivity (Wildman–Crippen MR) is 108 cm³/mol. The highest BCUT2D eigenvalue weighted by atomic mass is 16.5. The average molecular weight is 383 g/mol. The van der Waals surface area contributed by atoms with Crippen molar-refractivity contribution in [1.29, 1.82) is 0 Å². The van der Waals surface area contributed by atoms with Gasteiger partial charge < -0.3 is 14.8 Å². The Morgan fingerprint density at radius 3 is 2.64 bits per heavy atom. The van der Waals surface area contributed by atoms with Gasteiger partial charge >= 0.3 is 5.97 Å². The maximum absolute atomic E-state index is 13.0. The Hall–Kier alpha value is -2.56. The molecule has 0 amide bonds. The number of hydrogen-bond acceptors (Lipinski definition) is 5. The van der Waals surface area contributed by atoms with Crippen molar-refractivity contribution in [1.82, 2.24) is 5.32 Å². The molecule has 3 rings (SSSR count). The highest BCUT2D eigenvalue weighted by Crippen LogP contribution is 2.45. The summed E-state index contributed by atoms with van der Waals surface area (Å²) in [5, 5.41) is 3.32. The number of benzene rings is 1. The minimum absolute atomic E-state index is 0.0948. The summed E-state index contributed by atoms with van der Waals surface area (Å²) in [6, 6.07) is 7.70. The molecular weight excluding hydrogens is 354 g/mol. The van der Waals surface area contributed by atoms with E-state index >= 15 is 0 Å². The van der Waals surface area contributed by atoms with Crippen LogP contribution in [0.5, 0.6) is 5.75 Å². The summed E-state index contributed by atoms with van der Waals surface area (Å²) in [7, 11) is 0. The van der Waals surface area contributed by atoms with Gasteiger partial charge in [-0.05, 0) is 38.7 Å². The first-order valence-electron chi connectivity index (χ1n) is 10.2. The van der Waals surface area contributed by atoms with Crippen LogP contribution in [0.2, 0.25) is 0 Å². The summed E-state index contributed by atoms with van der Waals surface area (Å²) in [6.07, 6.45) is 3.77. The maximum atomic E-state index is 13.0. The molecule has 150 valence electrons. The zero-order valence-electron chi connectivity index (χ0n) is 17.0.